The summed E-state index contributed by atoms with van der Waals surface area (Å²) in [6, 6.07) is 18.0. The summed E-state index contributed by atoms with van der Waals surface area (Å²) < 4.78 is 5.91. The van der Waals surface area contributed by atoms with Crippen molar-refractivity contribution in [3.8, 4) is 22.1 Å². The molecule has 8 nitrogen and oxygen atoms in total. The summed E-state index contributed by atoms with van der Waals surface area (Å²) in [7, 11) is 1.74. The number of ether oxygens (including phenoxy) is 1. The third-order valence-electron chi connectivity index (χ3n) is 5.42. The average molecular weight is 484 g/mol. The molecule has 3 N–H and O–H groups in total. The molecule has 9 heteroatoms. The first kappa shape index (κ1) is 22.3. The number of rotatable bonds is 8. The summed E-state index contributed by atoms with van der Waals surface area (Å²) in [5.41, 5.74) is 4.41. The van der Waals surface area contributed by atoms with Gasteiger partial charge in [-0.15, -0.1) is 11.3 Å². The van der Waals surface area contributed by atoms with Crippen LogP contribution in [0.3, 0.4) is 0 Å². The Morgan fingerprint density at radius 3 is 2.83 bits per heavy atom. The van der Waals surface area contributed by atoms with E-state index in [2.05, 4.69) is 25.6 Å². The zero-order valence-electron chi connectivity index (χ0n) is 18.7. The van der Waals surface area contributed by atoms with Crippen molar-refractivity contribution in [3.05, 3.63) is 89.2 Å². The molecule has 2 aromatic heterocycles. The lowest BCUT2D eigenvalue weighted by molar-refractivity contribution is 0.0951. The minimum Gasteiger partial charge on any atom is -0.454 e. The van der Waals surface area contributed by atoms with Gasteiger partial charge in [0.05, 0.1) is 35.2 Å². The molecule has 0 bridgehead atoms. The molecule has 0 radical (unpaired) electrons. The molecule has 0 fully saturated rings. The normalized spacial score (nSPS) is 10.8. The summed E-state index contributed by atoms with van der Waals surface area (Å²) in [6.07, 6.45) is 4.19. The van der Waals surface area contributed by atoms with Crippen molar-refractivity contribution < 1.29 is 14.3 Å². The molecule has 2 heterocycles. The van der Waals surface area contributed by atoms with E-state index < -0.39 is 0 Å². The quantitative estimate of drug-likeness (QED) is 0.260. The zero-order valence-corrected chi connectivity index (χ0v) is 19.6. The number of H-pyrrole nitrogens is 1. The van der Waals surface area contributed by atoms with Gasteiger partial charge in [-0.3, -0.25) is 9.59 Å². The summed E-state index contributed by atoms with van der Waals surface area (Å²) in [5.74, 6) is 0.747. The summed E-state index contributed by atoms with van der Waals surface area (Å²) in [6.45, 7) is 0.362. The van der Waals surface area contributed by atoms with Crippen LogP contribution in [0.25, 0.3) is 21.6 Å². The Kier molecular flexibility index (Phi) is 6.23. The minimum absolute atomic E-state index is 0.214. The van der Waals surface area contributed by atoms with Crippen LogP contribution in [0.5, 0.6) is 11.5 Å². The predicted molar refractivity (Wildman–Crippen MR) is 136 cm³/mol. The number of nitrogens with one attached hydrogen (secondary N) is 3. The monoisotopic (exact) mass is 483 g/mol. The third kappa shape index (κ3) is 4.75. The van der Waals surface area contributed by atoms with Crippen molar-refractivity contribution >= 4 is 40.3 Å². The number of hydrogen-bond acceptors (Lipinski definition) is 7. The molecule has 0 unspecified atom stereocenters. The molecular weight excluding hydrogens is 462 g/mol. The summed E-state index contributed by atoms with van der Waals surface area (Å²) in [4.78, 5) is 36.9. The number of aromatic amines is 1. The van der Waals surface area contributed by atoms with Crippen molar-refractivity contribution in [2.24, 2.45) is 0 Å². The number of anilines is 1. The van der Waals surface area contributed by atoms with Crippen LogP contribution in [0.4, 0.5) is 5.69 Å². The Balaban J connectivity index is 1.26. The molecule has 0 atom stereocenters. The molecule has 0 saturated heterocycles. The first-order valence-electron chi connectivity index (χ1n) is 10.8. The highest BCUT2D eigenvalue weighted by molar-refractivity contribution is 7.15. The maximum atomic E-state index is 12.8. The number of carbonyl (C=O) groups is 2. The fraction of sp³-hybridized carbons (Fsp3) is 0.0769. The highest BCUT2D eigenvalue weighted by Gasteiger charge is 2.13. The van der Waals surface area contributed by atoms with Gasteiger partial charge in [0.15, 0.2) is 12.0 Å². The SMILES string of the molecule is CNc1cc(C(=O)NCc2cnc(-c3ccc4[nH]cnc4c3)s2)ccc1Oc1ccccc1C=O. The lowest BCUT2D eigenvalue weighted by atomic mass is 10.1. The number of nitrogens with zero attached hydrogens (tertiary/aromatic N) is 2. The molecule has 0 aliphatic carbocycles. The van der Waals surface area contributed by atoms with Crippen molar-refractivity contribution in [2.75, 3.05) is 12.4 Å². The standard InChI is InChI=1S/C26H21N5O3S/c1-27-22-10-16(7-9-24(22)34-23-5-3-2-4-18(23)14-32)25(33)28-12-19-13-29-26(35-19)17-6-8-20-21(11-17)31-15-30-20/h2-11,13-15,27H,12H2,1H3,(H,28,33)(H,30,31). The van der Waals surface area contributed by atoms with E-state index in [1.807, 2.05) is 18.2 Å². The van der Waals surface area contributed by atoms with Crippen molar-refractivity contribution in [3.63, 3.8) is 0 Å². The van der Waals surface area contributed by atoms with Crippen LogP contribution < -0.4 is 15.4 Å². The summed E-state index contributed by atoms with van der Waals surface area (Å²) in [5, 5.41) is 6.86. The lowest BCUT2D eigenvalue weighted by Crippen LogP contribution is -2.22. The topological polar surface area (TPSA) is 109 Å². The zero-order chi connectivity index (χ0) is 24.2. The molecule has 1 amide bonds. The van der Waals surface area contributed by atoms with Crippen LogP contribution in [-0.2, 0) is 6.54 Å². The summed E-state index contributed by atoms with van der Waals surface area (Å²) >= 11 is 1.52. The highest BCUT2D eigenvalue weighted by atomic mass is 32.1. The number of imidazole rings is 1. The molecule has 0 aliphatic heterocycles. The van der Waals surface area contributed by atoms with Gasteiger partial charge < -0.3 is 20.4 Å². The van der Waals surface area contributed by atoms with Gasteiger partial charge in [0.1, 0.15) is 10.8 Å². The Morgan fingerprint density at radius 1 is 1.09 bits per heavy atom. The number of carbonyl (C=O) groups excluding carboxylic acids is 2. The first-order valence-corrected chi connectivity index (χ1v) is 11.7. The maximum Gasteiger partial charge on any atom is 0.251 e. The second-order valence-electron chi connectivity index (χ2n) is 7.67. The number of fused-ring (bicyclic) bond motifs is 1. The van der Waals surface area contributed by atoms with E-state index in [0.717, 1.165) is 32.8 Å². The van der Waals surface area contributed by atoms with Crippen molar-refractivity contribution in [1.29, 1.82) is 0 Å². The van der Waals surface area contributed by atoms with Crippen LogP contribution in [0.15, 0.2) is 73.2 Å². The number of aldehydes is 1. The molecule has 3 aromatic carbocycles. The van der Waals surface area contributed by atoms with Crippen molar-refractivity contribution in [2.45, 2.75) is 6.54 Å². The number of thiazole rings is 1. The lowest BCUT2D eigenvalue weighted by Gasteiger charge is -2.13. The Hall–Kier alpha value is -4.50. The van der Waals surface area contributed by atoms with Crippen LogP contribution in [0, 0.1) is 0 Å². The fourth-order valence-electron chi connectivity index (χ4n) is 3.60. The van der Waals surface area contributed by atoms with E-state index in [1.54, 1.807) is 62.0 Å². The molecule has 0 aliphatic rings. The maximum absolute atomic E-state index is 12.8. The second-order valence-corrected chi connectivity index (χ2v) is 8.78. The second kappa shape index (κ2) is 9.78. The molecule has 0 saturated carbocycles. The fourth-order valence-corrected chi connectivity index (χ4v) is 4.45. The Labute approximate surface area is 205 Å². The van der Waals surface area contributed by atoms with Crippen LogP contribution in [0.1, 0.15) is 25.6 Å². The van der Waals surface area contributed by atoms with Gasteiger partial charge in [-0.2, -0.15) is 0 Å². The van der Waals surface area contributed by atoms with Gasteiger partial charge in [0, 0.05) is 29.2 Å². The molecule has 5 rings (SSSR count). The number of para-hydroxylation sites is 1. The largest absolute Gasteiger partial charge is 0.454 e. The van der Waals surface area contributed by atoms with E-state index in [9.17, 15) is 9.59 Å². The minimum atomic E-state index is -0.214. The number of amides is 1. The smallest absolute Gasteiger partial charge is 0.251 e. The molecule has 5 aromatic rings. The average Bonchev–Trinajstić information content (AvgIpc) is 3.57. The number of benzene rings is 3. The molecule has 35 heavy (non-hydrogen) atoms. The van der Waals surface area contributed by atoms with E-state index in [4.69, 9.17) is 4.74 Å². The number of aromatic nitrogens is 3. The highest BCUT2D eigenvalue weighted by Crippen LogP contribution is 2.32. The van der Waals surface area contributed by atoms with Crippen molar-refractivity contribution in [1.82, 2.24) is 20.3 Å². The van der Waals surface area contributed by atoms with Gasteiger partial charge in [-0.05, 0) is 48.5 Å². The predicted octanol–water partition coefficient (Wildman–Crippen LogP) is 5.26. The van der Waals surface area contributed by atoms with Gasteiger partial charge in [-0.1, -0.05) is 12.1 Å². The van der Waals surface area contributed by atoms with Crippen LogP contribution in [-0.4, -0.2) is 34.2 Å². The first-order chi connectivity index (χ1) is 17.1. The van der Waals surface area contributed by atoms with E-state index in [1.165, 1.54) is 11.3 Å². The van der Waals surface area contributed by atoms with Crippen LogP contribution in [0.2, 0.25) is 0 Å². The van der Waals surface area contributed by atoms with Gasteiger partial charge >= 0.3 is 0 Å². The number of hydrogen-bond donors (Lipinski definition) is 3. The van der Waals surface area contributed by atoms with E-state index >= 15 is 0 Å². The molecule has 174 valence electrons. The van der Waals surface area contributed by atoms with Gasteiger partial charge in [-0.25, -0.2) is 9.97 Å². The van der Waals surface area contributed by atoms with E-state index in [-0.39, 0.29) is 5.91 Å². The Morgan fingerprint density at radius 2 is 1.97 bits per heavy atom. The van der Waals surface area contributed by atoms with Crippen LogP contribution >= 0.6 is 11.3 Å². The van der Waals surface area contributed by atoms with E-state index in [0.29, 0.717) is 34.9 Å². The van der Waals surface area contributed by atoms with Gasteiger partial charge in [0.25, 0.3) is 5.91 Å². The molecular formula is C26H21N5O3S. The van der Waals surface area contributed by atoms with Gasteiger partial charge in [0.2, 0.25) is 0 Å². The Bertz CT molecular complexity index is 1520. The third-order valence-corrected chi connectivity index (χ3v) is 6.47. The molecule has 0 spiro atoms.